The van der Waals surface area contributed by atoms with Gasteiger partial charge in [0.2, 0.25) is 0 Å². The molecule has 0 saturated carbocycles. The minimum absolute atomic E-state index is 0.122. The molecule has 0 bridgehead atoms. The molecule has 5 rings (SSSR count). The SMILES string of the molecule is COc1cc(OC(=O)c2ccccc2)c(C=Cc2c(OC)cc(OC)c3c2OC(c2ccccc2)CC3)c(OC)c1C. The summed E-state index contributed by atoms with van der Waals surface area (Å²) in [5.41, 5.74) is 4.58. The van der Waals surface area contributed by atoms with Crippen molar-refractivity contribution in [2.45, 2.75) is 25.9 Å². The molecule has 4 aromatic carbocycles. The van der Waals surface area contributed by atoms with Crippen molar-refractivity contribution in [1.82, 2.24) is 0 Å². The number of carbonyl (C=O) groups excluding carboxylic acids is 1. The maximum Gasteiger partial charge on any atom is 0.343 e. The molecule has 1 aliphatic rings. The van der Waals surface area contributed by atoms with Gasteiger partial charge in [-0.2, -0.15) is 0 Å². The van der Waals surface area contributed by atoms with Crippen LogP contribution in [0.3, 0.4) is 0 Å². The van der Waals surface area contributed by atoms with Gasteiger partial charge >= 0.3 is 5.97 Å². The van der Waals surface area contributed by atoms with E-state index in [0.717, 1.165) is 35.1 Å². The van der Waals surface area contributed by atoms with Crippen LogP contribution >= 0.6 is 0 Å². The Morgan fingerprint density at radius 1 is 0.762 bits per heavy atom. The topological polar surface area (TPSA) is 72.5 Å². The largest absolute Gasteiger partial charge is 0.496 e. The van der Waals surface area contributed by atoms with Crippen LogP contribution in [0.2, 0.25) is 0 Å². The predicted molar refractivity (Wildman–Crippen MR) is 162 cm³/mol. The van der Waals surface area contributed by atoms with Crippen LogP contribution in [0.15, 0.2) is 72.8 Å². The van der Waals surface area contributed by atoms with Gasteiger partial charge < -0.3 is 28.4 Å². The Morgan fingerprint density at radius 3 is 2.02 bits per heavy atom. The fourth-order valence-electron chi connectivity index (χ4n) is 5.28. The summed E-state index contributed by atoms with van der Waals surface area (Å²) in [6, 6.07) is 22.6. The van der Waals surface area contributed by atoms with Crippen molar-refractivity contribution in [2.75, 3.05) is 28.4 Å². The maximum absolute atomic E-state index is 13.1. The zero-order valence-electron chi connectivity index (χ0n) is 24.4. The second-order valence-electron chi connectivity index (χ2n) is 9.80. The number of benzene rings is 4. The van der Waals surface area contributed by atoms with Gasteiger partial charge in [-0.25, -0.2) is 4.79 Å². The molecule has 0 spiro atoms. The van der Waals surface area contributed by atoms with E-state index in [2.05, 4.69) is 12.1 Å². The van der Waals surface area contributed by atoms with Crippen LogP contribution in [0.5, 0.6) is 34.5 Å². The summed E-state index contributed by atoms with van der Waals surface area (Å²) in [7, 11) is 6.40. The third-order valence-electron chi connectivity index (χ3n) is 7.41. The average Bonchev–Trinajstić information content (AvgIpc) is 3.04. The number of esters is 1. The van der Waals surface area contributed by atoms with Crippen LogP contribution in [0.1, 0.15) is 50.7 Å². The van der Waals surface area contributed by atoms with Gasteiger partial charge in [0.25, 0.3) is 0 Å². The Balaban J connectivity index is 1.62. The first kappa shape index (κ1) is 28.6. The number of fused-ring (bicyclic) bond motifs is 1. The highest BCUT2D eigenvalue weighted by Gasteiger charge is 2.28. The summed E-state index contributed by atoms with van der Waals surface area (Å²) >= 11 is 0. The molecule has 1 heterocycles. The maximum atomic E-state index is 13.1. The highest BCUT2D eigenvalue weighted by atomic mass is 16.5. The first-order valence-corrected chi connectivity index (χ1v) is 13.7. The zero-order valence-corrected chi connectivity index (χ0v) is 24.4. The number of methoxy groups -OCH3 is 4. The molecular weight excluding hydrogens is 532 g/mol. The first-order valence-electron chi connectivity index (χ1n) is 13.7. The highest BCUT2D eigenvalue weighted by molar-refractivity contribution is 5.92. The van der Waals surface area contributed by atoms with Crippen molar-refractivity contribution in [3.05, 3.63) is 106 Å². The van der Waals surface area contributed by atoms with Crippen molar-refractivity contribution in [1.29, 1.82) is 0 Å². The van der Waals surface area contributed by atoms with E-state index < -0.39 is 5.97 Å². The lowest BCUT2D eigenvalue weighted by Gasteiger charge is -2.30. The lowest BCUT2D eigenvalue weighted by molar-refractivity contribution is 0.0733. The highest BCUT2D eigenvalue weighted by Crippen LogP contribution is 2.47. The van der Waals surface area contributed by atoms with Gasteiger partial charge in [-0.1, -0.05) is 48.5 Å². The second-order valence-corrected chi connectivity index (χ2v) is 9.80. The second kappa shape index (κ2) is 12.7. The standard InChI is InChI=1S/C35H34O7/c1-22-29(37-2)20-32(42-35(36)24-14-10-7-11-15-24)27(33(22)40-5)17-16-25-30(38-3)21-31(39-4)26-18-19-28(41-34(25)26)23-12-8-6-9-13-23/h6-17,20-21,28H,18-19H2,1-5H3. The molecule has 0 aromatic heterocycles. The van der Waals surface area contributed by atoms with E-state index in [1.807, 2.05) is 49.4 Å². The summed E-state index contributed by atoms with van der Waals surface area (Å²) in [4.78, 5) is 13.1. The Morgan fingerprint density at radius 2 is 1.38 bits per heavy atom. The molecule has 0 aliphatic carbocycles. The molecule has 0 N–H and O–H groups in total. The third kappa shape index (κ3) is 5.63. The van der Waals surface area contributed by atoms with Crippen LogP contribution in [-0.2, 0) is 6.42 Å². The van der Waals surface area contributed by atoms with Crippen molar-refractivity contribution in [2.24, 2.45) is 0 Å². The molecule has 1 aliphatic heterocycles. The number of hydrogen-bond acceptors (Lipinski definition) is 7. The van der Waals surface area contributed by atoms with E-state index in [9.17, 15) is 4.79 Å². The molecular formula is C35H34O7. The molecule has 216 valence electrons. The molecule has 1 atom stereocenters. The number of rotatable bonds is 9. The molecule has 42 heavy (non-hydrogen) atoms. The van der Waals surface area contributed by atoms with Crippen LogP contribution in [0.4, 0.5) is 0 Å². The monoisotopic (exact) mass is 566 g/mol. The van der Waals surface area contributed by atoms with E-state index >= 15 is 0 Å². The summed E-state index contributed by atoms with van der Waals surface area (Å²) in [5, 5.41) is 0. The fraction of sp³-hybridized carbons (Fsp3) is 0.229. The normalized spacial score (nSPS) is 14.1. The number of carbonyl (C=O) groups is 1. The lowest BCUT2D eigenvalue weighted by Crippen LogP contribution is -2.17. The van der Waals surface area contributed by atoms with E-state index in [-0.39, 0.29) is 6.10 Å². The molecule has 0 radical (unpaired) electrons. The molecule has 0 amide bonds. The molecule has 0 saturated heterocycles. The van der Waals surface area contributed by atoms with E-state index in [0.29, 0.717) is 45.6 Å². The lowest BCUT2D eigenvalue weighted by atomic mass is 9.94. The van der Waals surface area contributed by atoms with E-state index in [1.54, 1.807) is 58.8 Å². The Labute approximate surface area is 246 Å². The quantitative estimate of drug-likeness (QED) is 0.118. The van der Waals surface area contributed by atoms with Gasteiger partial charge in [0.1, 0.15) is 40.6 Å². The number of hydrogen-bond donors (Lipinski definition) is 0. The summed E-state index contributed by atoms with van der Waals surface area (Å²) < 4.78 is 35.5. The van der Waals surface area contributed by atoms with E-state index in [4.69, 9.17) is 28.4 Å². The Hall–Kier alpha value is -4.91. The summed E-state index contributed by atoms with van der Waals surface area (Å²) in [6.07, 6.45) is 5.21. The zero-order chi connectivity index (χ0) is 29.6. The van der Waals surface area contributed by atoms with Crippen LogP contribution < -0.4 is 28.4 Å². The number of ether oxygens (including phenoxy) is 6. The predicted octanol–water partition coefficient (Wildman–Crippen LogP) is 7.49. The minimum atomic E-state index is -0.494. The van der Waals surface area contributed by atoms with Gasteiger partial charge in [-0.3, -0.25) is 0 Å². The first-order chi connectivity index (χ1) is 20.5. The van der Waals surface area contributed by atoms with Crippen molar-refractivity contribution in [3.8, 4) is 34.5 Å². The van der Waals surface area contributed by atoms with Crippen LogP contribution in [-0.4, -0.2) is 34.4 Å². The van der Waals surface area contributed by atoms with Crippen molar-refractivity contribution >= 4 is 18.1 Å². The van der Waals surface area contributed by atoms with Gasteiger partial charge in [0, 0.05) is 23.3 Å². The Bertz CT molecular complexity index is 1590. The minimum Gasteiger partial charge on any atom is -0.496 e. The average molecular weight is 567 g/mol. The van der Waals surface area contributed by atoms with Gasteiger partial charge in [0.15, 0.2) is 0 Å². The molecule has 7 nitrogen and oxygen atoms in total. The molecule has 7 heteroatoms. The van der Waals surface area contributed by atoms with Gasteiger partial charge in [0.05, 0.1) is 45.1 Å². The fourth-order valence-corrected chi connectivity index (χ4v) is 5.28. The van der Waals surface area contributed by atoms with Crippen LogP contribution in [0, 0.1) is 6.92 Å². The summed E-state index contributed by atoms with van der Waals surface area (Å²) in [5.74, 6) is 2.84. The smallest absolute Gasteiger partial charge is 0.343 e. The van der Waals surface area contributed by atoms with Crippen molar-refractivity contribution < 1.29 is 33.2 Å². The Kier molecular flexibility index (Phi) is 8.67. The molecule has 0 fully saturated rings. The van der Waals surface area contributed by atoms with Crippen LogP contribution in [0.25, 0.3) is 12.2 Å². The molecule has 4 aromatic rings. The van der Waals surface area contributed by atoms with Gasteiger partial charge in [-0.15, -0.1) is 0 Å². The van der Waals surface area contributed by atoms with Gasteiger partial charge in [-0.05, 0) is 49.6 Å². The summed E-state index contributed by atoms with van der Waals surface area (Å²) in [6.45, 7) is 1.89. The molecule has 1 unspecified atom stereocenters. The van der Waals surface area contributed by atoms with E-state index in [1.165, 1.54) is 0 Å². The van der Waals surface area contributed by atoms with Crippen molar-refractivity contribution in [3.63, 3.8) is 0 Å². The third-order valence-corrected chi connectivity index (χ3v) is 7.41.